The van der Waals surface area contributed by atoms with Crippen LogP contribution in [0, 0.1) is 12.5 Å². The minimum atomic E-state index is -5.18. The van der Waals surface area contributed by atoms with Gasteiger partial charge in [-0.3, -0.25) is 4.18 Å². The molecule has 11 nitrogen and oxygen atoms in total. The predicted octanol–water partition coefficient (Wildman–Crippen LogP) is -5.15. The van der Waals surface area contributed by atoms with Gasteiger partial charge in [-0.1, -0.05) is 6.92 Å². The van der Waals surface area contributed by atoms with Crippen LogP contribution in [0.4, 0.5) is 0 Å². The monoisotopic (exact) mass is 409 g/mol. The van der Waals surface area contributed by atoms with Crippen molar-refractivity contribution in [3.8, 4) is 0 Å². The molecule has 0 radical (unpaired) electrons. The van der Waals surface area contributed by atoms with Crippen molar-refractivity contribution in [2.75, 3.05) is 7.11 Å². The van der Waals surface area contributed by atoms with Crippen molar-refractivity contribution in [2.45, 2.75) is 63.1 Å². The molecule has 0 aromatic carbocycles. The van der Waals surface area contributed by atoms with Crippen LogP contribution in [0.15, 0.2) is 0 Å². The standard InChI is InChI=1S/C13H23O11S.Na/c1-5-4-21-13(8(15)7(5)14)23-10-6(2)22-12(20-3)9(16)11(10)24-25(17,18)19;/h4-16H,1-3H3,(H,17,18,19);/q-1;+1/p-1/t5-,6?,7-,8+,9+,10+,11+,12?,13+;/m1./s1. The van der Waals surface area contributed by atoms with E-state index in [-0.39, 0.29) is 29.6 Å². The molecule has 0 bridgehead atoms. The molecule has 9 atom stereocenters. The van der Waals surface area contributed by atoms with Gasteiger partial charge < -0.3 is 38.8 Å². The molecule has 2 unspecified atom stereocenters. The summed E-state index contributed by atoms with van der Waals surface area (Å²) in [7, 11) is -3.97. The third kappa shape index (κ3) is 5.80. The van der Waals surface area contributed by atoms with Gasteiger partial charge in [0.1, 0.15) is 24.4 Å². The van der Waals surface area contributed by atoms with Crippen molar-refractivity contribution >= 4 is 10.4 Å². The Morgan fingerprint density at radius 3 is 2.19 bits per heavy atom. The summed E-state index contributed by atoms with van der Waals surface area (Å²) in [4.78, 5) is 0. The molecule has 0 aliphatic carbocycles. The van der Waals surface area contributed by atoms with E-state index in [1.165, 1.54) is 20.6 Å². The molecule has 0 amide bonds. The van der Waals surface area contributed by atoms with Crippen LogP contribution in [0.3, 0.4) is 0 Å². The van der Waals surface area contributed by atoms with E-state index >= 15 is 0 Å². The SMILES string of the molecule is COC1OC(C)[C@H](O[C@@H]2O[CH-][C@@H](C)[C@@H](O)[C@@H]2O)[C@@H](OS(=O)(=O)[O-])[C@@H]1O.[Na+]. The predicted molar refractivity (Wildman–Crippen MR) is 77.1 cm³/mol. The molecule has 0 saturated carbocycles. The normalized spacial score (nSPS) is 44.3. The number of methoxy groups -OCH3 is 1. The van der Waals surface area contributed by atoms with Crippen LogP contribution in [-0.2, 0) is 33.5 Å². The second kappa shape index (κ2) is 9.87. The number of rotatable bonds is 5. The van der Waals surface area contributed by atoms with E-state index in [1.54, 1.807) is 6.92 Å². The summed E-state index contributed by atoms with van der Waals surface area (Å²) >= 11 is 0. The van der Waals surface area contributed by atoms with Crippen molar-refractivity contribution in [2.24, 2.45) is 5.92 Å². The molecule has 2 aliphatic rings. The van der Waals surface area contributed by atoms with Gasteiger partial charge in [0.15, 0.2) is 12.6 Å². The molecule has 26 heavy (non-hydrogen) atoms. The van der Waals surface area contributed by atoms with Gasteiger partial charge in [-0.15, -0.1) is 5.92 Å². The summed E-state index contributed by atoms with van der Waals surface area (Å²) in [6, 6.07) is 0. The summed E-state index contributed by atoms with van der Waals surface area (Å²) in [5, 5.41) is 30.1. The number of aliphatic hydroxyl groups excluding tert-OH is 3. The number of hydrogen-bond donors (Lipinski definition) is 3. The van der Waals surface area contributed by atoms with E-state index in [4.69, 9.17) is 18.9 Å². The van der Waals surface area contributed by atoms with Gasteiger partial charge in [0.05, 0.1) is 12.2 Å². The van der Waals surface area contributed by atoms with Gasteiger partial charge in [-0.25, -0.2) is 15.0 Å². The van der Waals surface area contributed by atoms with Gasteiger partial charge in [-0.05, 0) is 6.92 Å². The fourth-order valence-corrected chi connectivity index (χ4v) is 3.21. The zero-order chi connectivity index (χ0) is 18.9. The Morgan fingerprint density at radius 2 is 1.65 bits per heavy atom. The van der Waals surface area contributed by atoms with Crippen LogP contribution in [0.5, 0.6) is 0 Å². The molecule has 0 aromatic heterocycles. The fourth-order valence-electron chi connectivity index (χ4n) is 2.72. The van der Waals surface area contributed by atoms with Crippen LogP contribution >= 0.6 is 0 Å². The third-order valence-corrected chi connectivity index (χ3v) is 4.56. The van der Waals surface area contributed by atoms with Gasteiger partial charge in [0.25, 0.3) is 0 Å². The Bertz CT molecular complexity index is 546. The average molecular weight is 409 g/mol. The second-order valence-electron chi connectivity index (χ2n) is 5.99. The summed E-state index contributed by atoms with van der Waals surface area (Å²) in [5.41, 5.74) is 0. The van der Waals surface area contributed by atoms with E-state index < -0.39 is 65.5 Å². The molecule has 2 heterocycles. The van der Waals surface area contributed by atoms with E-state index in [2.05, 4.69) is 4.18 Å². The Hall–Kier alpha value is 0.590. The minimum absolute atomic E-state index is 0. The Labute approximate surface area is 173 Å². The first-order valence-corrected chi connectivity index (χ1v) is 8.89. The average Bonchev–Trinajstić information content (AvgIpc) is 2.52. The Morgan fingerprint density at radius 1 is 1.04 bits per heavy atom. The molecule has 2 saturated heterocycles. The van der Waals surface area contributed by atoms with Crippen LogP contribution in [-0.4, -0.2) is 84.6 Å². The van der Waals surface area contributed by atoms with Crippen molar-refractivity contribution < 1.29 is 81.0 Å². The van der Waals surface area contributed by atoms with Crippen LogP contribution in [0.1, 0.15) is 13.8 Å². The van der Waals surface area contributed by atoms with Crippen LogP contribution in [0.25, 0.3) is 0 Å². The van der Waals surface area contributed by atoms with E-state index in [1.807, 2.05) is 0 Å². The van der Waals surface area contributed by atoms with Gasteiger partial charge in [0, 0.05) is 7.11 Å². The number of ether oxygens (including phenoxy) is 4. The second-order valence-corrected chi connectivity index (χ2v) is 7.00. The molecule has 2 aliphatic heterocycles. The maximum absolute atomic E-state index is 11.0. The van der Waals surface area contributed by atoms with Gasteiger partial charge in [-0.2, -0.15) is 0 Å². The largest absolute Gasteiger partial charge is 1.00 e. The smallest absolute Gasteiger partial charge is 0.726 e. The molecular weight excluding hydrogens is 387 g/mol. The maximum Gasteiger partial charge on any atom is 1.00 e. The molecule has 2 fully saturated rings. The number of hydrogen-bond acceptors (Lipinski definition) is 11. The molecule has 2 rings (SSSR count). The van der Waals surface area contributed by atoms with Gasteiger partial charge in [0.2, 0.25) is 10.4 Å². The topological polar surface area (TPSA) is 164 Å². The van der Waals surface area contributed by atoms with Crippen molar-refractivity contribution in [3.63, 3.8) is 0 Å². The summed E-state index contributed by atoms with van der Waals surface area (Å²) in [5.74, 6) is -0.465. The molecule has 0 spiro atoms. The molecule has 0 aromatic rings. The minimum Gasteiger partial charge on any atom is -0.726 e. The summed E-state index contributed by atoms with van der Waals surface area (Å²) in [6.45, 7) is 4.33. The molecule has 148 valence electrons. The van der Waals surface area contributed by atoms with E-state index in [9.17, 15) is 28.3 Å². The van der Waals surface area contributed by atoms with Crippen LogP contribution < -0.4 is 29.6 Å². The first kappa shape index (κ1) is 24.6. The van der Waals surface area contributed by atoms with Crippen LogP contribution in [0.2, 0.25) is 0 Å². The molecular formula is C13H22NaO11S-. The maximum atomic E-state index is 11.0. The zero-order valence-electron chi connectivity index (χ0n) is 14.8. The van der Waals surface area contributed by atoms with E-state index in [0.717, 1.165) is 0 Å². The zero-order valence-corrected chi connectivity index (χ0v) is 17.6. The van der Waals surface area contributed by atoms with Crippen molar-refractivity contribution in [1.29, 1.82) is 0 Å². The van der Waals surface area contributed by atoms with Crippen molar-refractivity contribution in [1.82, 2.24) is 0 Å². The van der Waals surface area contributed by atoms with Gasteiger partial charge >= 0.3 is 29.6 Å². The third-order valence-electron chi connectivity index (χ3n) is 4.10. The van der Waals surface area contributed by atoms with Crippen molar-refractivity contribution in [3.05, 3.63) is 6.61 Å². The van der Waals surface area contributed by atoms with E-state index in [0.29, 0.717) is 0 Å². The Kier molecular flexibility index (Phi) is 9.35. The first-order chi connectivity index (χ1) is 11.5. The summed E-state index contributed by atoms with van der Waals surface area (Å²) < 4.78 is 58.2. The fraction of sp³-hybridized carbons (Fsp3) is 0.923. The Balaban J connectivity index is 0.00000338. The molecule has 13 heteroatoms. The summed E-state index contributed by atoms with van der Waals surface area (Å²) in [6.07, 6.45) is -10.8. The molecule has 3 N–H and O–H groups in total. The number of aliphatic hydroxyl groups is 3. The quantitative estimate of drug-likeness (QED) is 0.172. The first-order valence-electron chi connectivity index (χ1n) is 7.56.